The van der Waals surface area contributed by atoms with Crippen LogP contribution in [0.25, 0.3) is 0 Å². The molecule has 0 saturated carbocycles. The van der Waals surface area contributed by atoms with Crippen molar-refractivity contribution in [3.05, 3.63) is 30.1 Å². The summed E-state index contributed by atoms with van der Waals surface area (Å²) >= 11 is 0. The first-order valence-electron chi connectivity index (χ1n) is 6.42. The van der Waals surface area contributed by atoms with Gasteiger partial charge in [0.2, 0.25) is 0 Å². The molecule has 0 radical (unpaired) electrons. The van der Waals surface area contributed by atoms with Crippen molar-refractivity contribution in [1.82, 2.24) is 4.98 Å². The van der Waals surface area contributed by atoms with Crippen molar-refractivity contribution < 1.29 is 14.0 Å². The third-order valence-electron chi connectivity index (χ3n) is 2.67. The van der Waals surface area contributed by atoms with Crippen LogP contribution in [0, 0.1) is 0 Å². The van der Waals surface area contributed by atoms with Gasteiger partial charge in [0.25, 0.3) is 0 Å². The molecule has 0 fully saturated rings. The molecule has 0 saturated heterocycles. The van der Waals surface area contributed by atoms with Crippen LogP contribution in [0.3, 0.4) is 0 Å². The van der Waals surface area contributed by atoms with Gasteiger partial charge in [0.1, 0.15) is 0 Å². The van der Waals surface area contributed by atoms with Crippen molar-refractivity contribution in [2.45, 2.75) is 45.6 Å². The van der Waals surface area contributed by atoms with E-state index in [1.54, 1.807) is 12.4 Å². The van der Waals surface area contributed by atoms with E-state index in [1.807, 2.05) is 26.0 Å². The molecule has 2 atom stereocenters. The summed E-state index contributed by atoms with van der Waals surface area (Å²) in [6.45, 7) is 3.87. The summed E-state index contributed by atoms with van der Waals surface area (Å²) < 4.78 is 17.0. The second kappa shape index (κ2) is 7.67. The van der Waals surface area contributed by atoms with Crippen molar-refractivity contribution in [3.8, 4) is 0 Å². The van der Waals surface area contributed by atoms with Gasteiger partial charge in [-0.1, -0.05) is 19.4 Å². The van der Waals surface area contributed by atoms with Gasteiger partial charge >= 0.3 is 7.60 Å². The average Bonchev–Trinajstić information content (AvgIpc) is 2.29. The second-order valence-electron chi connectivity index (χ2n) is 4.53. The van der Waals surface area contributed by atoms with E-state index >= 15 is 0 Å². The molecule has 0 bridgehead atoms. The summed E-state index contributed by atoms with van der Waals surface area (Å²) in [6.07, 6.45) is 6.71. The first-order chi connectivity index (χ1) is 8.53. The van der Waals surface area contributed by atoms with Gasteiger partial charge in [-0.3, -0.25) is 9.55 Å². The zero-order chi connectivity index (χ0) is 13.4. The molecule has 0 amide bonds. The van der Waals surface area contributed by atoms with Crippen molar-refractivity contribution in [3.63, 3.8) is 0 Å². The Labute approximate surface area is 109 Å². The van der Waals surface area contributed by atoms with Gasteiger partial charge in [0.15, 0.2) is 0 Å². The highest BCUT2D eigenvalue weighted by molar-refractivity contribution is 7.52. The number of hydrogen-bond acceptors (Lipinski definition) is 3. The first kappa shape index (κ1) is 15.4. The van der Waals surface area contributed by atoms with Gasteiger partial charge in [-0.15, -0.1) is 0 Å². The van der Waals surface area contributed by atoms with Gasteiger partial charge in [-0.2, -0.15) is 0 Å². The average molecular weight is 271 g/mol. The second-order valence-corrected chi connectivity index (χ2v) is 6.46. The van der Waals surface area contributed by atoms with E-state index in [1.165, 1.54) is 0 Å². The topological polar surface area (TPSA) is 59.4 Å². The molecule has 0 aliphatic carbocycles. The molecule has 4 nitrogen and oxygen atoms in total. The van der Waals surface area contributed by atoms with E-state index in [0.29, 0.717) is 6.42 Å². The van der Waals surface area contributed by atoms with Crippen LogP contribution in [0.15, 0.2) is 24.5 Å². The van der Waals surface area contributed by atoms with Crippen molar-refractivity contribution in [1.29, 1.82) is 0 Å². The molecular weight excluding hydrogens is 249 g/mol. The summed E-state index contributed by atoms with van der Waals surface area (Å²) in [6, 6.07) is 3.84. The number of pyridine rings is 1. The predicted octanol–water partition coefficient (Wildman–Crippen LogP) is 3.40. The summed E-state index contributed by atoms with van der Waals surface area (Å²) in [5.74, 6) is 0. The van der Waals surface area contributed by atoms with Crippen molar-refractivity contribution in [2.75, 3.05) is 6.16 Å². The zero-order valence-electron chi connectivity index (χ0n) is 11.1. The predicted molar refractivity (Wildman–Crippen MR) is 72.7 cm³/mol. The molecule has 102 valence electrons. The lowest BCUT2D eigenvalue weighted by Gasteiger charge is -2.17. The molecule has 1 aromatic heterocycles. The molecule has 2 unspecified atom stereocenters. The Kier molecular flexibility index (Phi) is 6.55. The minimum atomic E-state index is -3.44. The van der Waals surface area contributed by atoms with Crippen molar-refractivity contribution in [2.24, 2.45) is 0 Å². The maximum absolute atomic E-state index is 11.8. The van der Waals surface area contributed by atoms with Crippen LogP contribution in [0.4, 0.5) is 0 Å². The molecule has 1 rings (SSSR count). The maximum atomic E-state index is 11.8. The SMILES string of the molecule is CCCC(C)OP(=O)(O)CCCc1cccnc1. The quantitative estimate of drug-likeness (QED) is 0.736. The van der Waals surface area contributed by atoms with E-state index in [4.69, 9.17) is 4.52 Å². The Bertz CT molecular complexity index is 383. The zero-order valence-corrected chi connectivity index (χ0v) is 12.0. The van der Waals surface area contributed by atoms with E-state index in [9.17, 15) is 9.46 Å². The molecule has 5 heteroatoms. The van der Waals surface area contributed by atoms with E-state index in [-0.39, 0.29) is 12.3 Å². The van der Waals surface area contributed by atoms with Gasteiger partial charge in [-0.25, -0.2) is 0 Å². The molecule has 1 heterocycles. The molecular formula is C13H22NO3P. The molecule has 0 aromatic carbocycles. The van der Waals surface area contributed by atoms with Crippen LogP contribution < -0.4 is 0 Å². The Morgan fingerprint density at radius 1 is 1.56 bits per heavy atom. The summed E-state index contributed by atoms with van der Waals surface area (Å²) in [5, 5.41) is 0. The summed E-state index contributed by atoms with van der Waals surface area (Å²) in [4.78, 5) is 13.7. The molecule has 1 N–H and O–H groups in total. The number of aromatic nitrogens is 1. The van der Waals surface area contributed by atoms with Crippen LogP contribution in [0.2, 0.25) is 0 Å². The minimum Gasteiger partial charge on any atom is -0.324 e. The Morgan fingerprint density at radius 2 is 2.33 bits per heavy atom. The third kappa shape index (κ3) is 6.29. The molecule has 1 aromatic rings. The first-order valence-corrected chi connectivity index (χ1v) is 8.19. The highest BCUT2D eigenvalue weighted by Gasteiger charge is 2.21. The van der Waals surface area contributed by atoms with E-state index in [0.717, 1.165) is 24.8 Å². The standard InChI is InChI=1S/C13H22NO3P/c1-3-6-12(2)17-18(15,16)10-5-8-13-7-4-9-14-11-13/h4,7,9,11-12H,3,5-6,8,10H2,1-2H3,(H,15,16). The third-order valence-corrected chi connectivity index (χ3v) is 4.24. The lowest BCUT2D eigenvalue weighted by atomic mass is 10.2. The minimum absolute atomic E-state index is 0.149. The number of hydrogen-bond donors (Lipinski definition) is 1. The Morgan fingerprint density at radius 3 is 2.94 bits per heavy atom. The Hall–Kier alpha value is -0.700. The van der Waals surface area contributed by atoms with Gasteiger partial charge in [-0.05, 0) is 37.8 Å². The number of aryl methyl sites for hydroxylation is 1. The van der Waals surface area contributed by atoms with Crippen LogP contribution in [-0.2, 0) is 15.5 Å². The monoisotopic (exact) mass is 271 g/mol. The summed E-state index contributed by atoms with van der Waals surface area (Å²) in [7, 11) is -3.44. The van der Waals surface area contributed by atoms with Gasteiger partial charge in [0.05, 0.1) is 12.3 Å². The van der Waals surface area contributed by atoms with E-state index in [2.05, 4.69) is 4.98 Å². The lowest BCUT2D eigenvalue weighted by molar-refractivity contribution is 0.179. The Balaban J connectivity index is 2.31. The van der Waals surface area contributed by atoms with Gasteiger partial charge < -0.3 is 9.42 Å². The fourth-order valence-electron chi connectivity index (χ4n) is 1.82. The highest BCUT2D eigenvalue weighted by Crippen LogP contribution is 2.44. The smallest absolute Gasteiger partial charge is 0.324 e. The largest absolute Gasteiger partial charge is 0.328 e. The lowest BCUT2D eigenvalue weighted by Crippen LogP contribution is -2.07. The van der Waals surface area contributed by atoms with E-state index < -0.39 is 7.60 Å². The van der Waals surface area contributed by atoms with Gasteiger partial charge in [0, 0.05) is 12.4 Å². The van der Waals surface area contributed by atoms with Crippen molar-refractivity contribution >= 4 is 7.60 Å². The molecule has 18 heavy (non-hydrogen) atoms. The van der Waals surface area contributed by atoms with Crippen LogP contribution in [0.5, 0.6) is 0 Å². The fourth-order valence-corrected chi connectivity index (χ4v) is 3.15. The highest BCUT2D eigenvalue weighted by atomic mass is 31.2. The fraction of sp³-hybridized carbons (Fsp3) is 0.615. The summed E-state index contributed by atoms with van der Waals surface area (Å²) in [5.41, 5.74) is 1.08. The molecule has 0 aliphatic heterocycles. The maximum Gasteiger partial charge on any atom is 0.328 e. The number of nitrogens with zero attached hydrogens (tertiary/aromatic N) is 1. The molecule has 0 aliphatic rings. The number of rotatable bonds is 8. The van der Waals surface area contributed by atoms with Crippen LogP contribution >= 0.6 is 7.60 Å². The molecule has 0 spiro atoms. The normalized spacial score (nSPS) is 16.2. The van der Waals surface area contributed by atoms with Crippen LogP contribution in [-0.4, -0.2) is 22.1 Å². The van der Waals surface area contributed by atoms with Crippen LogP contribution in [0.1, 0.15) is 38.7 Å².